The Kier molecular flexibility index (Phi) is 1.77. The van der Waals surface area contributed by atoms with Crippen LogP contribution in [0.3, 0.4) is 0 Å². The summed E-state index contributed by atoms with van der Waals surface area (Å²) in [7, 11) is 0. The second kappa shape index (κ2) is 2.94. The molecule has 1 aromatic carbocycles. The fraction of sp³-hybridized carbons (Fsp3) is 0.100. The monoisotopic (exact) mass is 175 g/mol. The average Bonchev–Trinajstić information content (AvgIpc) is 2.16. The molecular weight excluding hydrogens is 166 g/mol. The lowest BCUT2D eigenvalue weighted by Crippen LogP contribution is -2.02. The maximum atomic E-state index is 8.74. The van der Waals surface area contributed by atoms with Gasteiger partial charge in [-0.05, 0) is 19.1 Å². The molecule has 1 N–H and O–H groups in total. The molecule has 1 aromatic heterocycles. The van der Waals surface area contributed by atoms with Gasteiger partial charge in [-0.2, -0.15) is 0 Å². The van der Waals surface area contributed by atoms with E-state index in [0.717, 1.165) is 16.7 Å². The van der Waals surface area contributed by atoms with Crippen molar-refractivity contribution >= 4 is 11.0 Å². The molecule has 2 aromatic rings. The van der Waals surface area contributed by atoms with Gasteiger partial charge in [0.2, 0.25) is 0 Å². The SMILES string of the molecule is Cc1c/c(=N/O)c2ccccc2o1. The van der Waals surface area contributed by atoms with E-state index in [9.17, 15) is 0 Å². The number of benzene rings is 1. The summed E-state index contributed by atoms with van der Waals surface area (Å²) in [4.78, 5) is 0. The van der Waals surface area contributed by atoms with Crippen LogP contribution in [-0.4, -0.2) is 5.21 Å². The van der Waals surface area contributed by atoms with E-state index in [2.05, 4.69) is 5.16 Å². The van der Waals surface area contributed by atoms with Gasteiger partial charge in [0, 0.05) is 11.5 Å². The molecule has 0 unspecified atom stereocenters. The van der Waals surface area contributed by atoms with Crippen LogP contribution in [0.2, 0.25) is 0 Å². The minimum absolute atomic E-state index is 0.541. The van der Waals surface area contributed by atoms with Crippen molar-refractivity contribution in [2.24, 2.45) is 5.16 Å². The van der Waals surface area contributed by atoms with Gasteiger partial charge < -0.3 is 9.62 Å². The highest BCUT2D eigenvalue weighted by atomic mass is 16.4. The van der Waals surface area contributed by atoms with Crippen molar-refractivity contribution in [2.45, 2.75) is 6.92 Å². The molecule has 66 valence electrons. The van der Waals surface area contributed by atoms with Gasteiger partial charge in [0.25, 0.3) is 0 Å². The summed E-state index contributed by atoms with van der Waals surface area (Å²) in [6, 6.07) is 9.15. The second-order valence-corrected chi connectivity index (χ2v) is 2.84. The minimum atomic E-state index is 0.541. The number of hydrogen-bond donors (Lipinski definition) is 1. The number of nitrogens with zero attached hydrogens (tertiary/aromatic N) is 1. The summed E-state index contributed by atoms with van der Waals surface area (Å²) in [5.74, 6) is 0.728. The number of para-hydroxylation sites is 1. The Balaban J connectivity index is 2.99. The Labute approximate surface area is 74.9 Å². The van der Waals surface area contributed by atoms with Crippen molar-refractivity contribution in [1.82, 2.24) is 0 Å². The van der Waals surface area contributed by atoms with Crippen LogP contribution in [0, 0.1) is 6.92 Å². The van der Waals surface area contributed by atoms with Crippen LogP contribution in [0.25, 0.3) is 11.0 Å². The summed E-state index contributed by atoms with van der Waals surface area (Å²) < 4.78 is 5.43. The molecule has 0 amide bonds. The Hall–Kier alpha value is -1.77. The predicted molar refractivity (Wildman–Crippen MR) is 48.3 cm³/mol. The van der Waals surface area contributed by atoms with E-state index < -0.39 is 0 Å². The van der Waals surface area contributed by atoms with E-state index >= 15 is 0 Å². The van der Waals surface area contributed by atoms with E-state index in [1.54, 1.807) is 6.07 Å². The molecule has 0 saturated carbocycles. The molecule has 1 heterocycles. The summed E-state index contributed by atoms with van der Waals surface area (Å²) >= 11 is 0. The van der Waals surface area contributed by atoms with Gasteiger partial charge in [-0.1, -0.05) is 17.3 Å². The van der Waals surface area contributed by atoms with Crippen molar-refractivity contribution in [1.29, 1.82) is 0 Å². The van der Waals surface area contributed by atoms with E-state index in [0.29, 0.717) is 5.36 Å². The Morgan fingerprint density at radius 1 is 1.31 bits per heavy atom. The highest BCUT2D eigenvalue weighted by molar-refractivity contribution is 5.75. The van der Waals surface area contributed by atoms with Crippen molar-refractivity contribution in [3.8, 4) is 0 Å². The molecule has 2 rings (SSSR count). The van der Waals surface area contributed by atoms with Crippen LogP contribution in [-0.2, 0) is 0 Å². The molecule has 0 radical (unpaired) electrons. The number of hydrogen-bond acceptors (Lipinski definition) is 3. The van der Waals surface area contributed by atoms with Gasteiger partial charge in [0.05, 0.1) is 0 Å². The Morgan fingerprint density at radius 3 is 2.85 bits per heavy atom. The lowest BCUT2D eigenvalue weighted by Gasteiger charge is -1.98. The molecule has 0 aliphatic carbocycles. The average molecular weight is 175 g/mol. The first kappa shape index (κ1) is 7.86. The van der Waals surface area contributed by atoms with Crippen molar-refractivity contribution in [2.75, 3.05) is 0 Å². The molecule has 0 fully saturated rings. The van der Waals surface area contributed by atoms with Crippen molar-refractivity contribution < 1.29 is 9.62 Å². The number of rotatable bonds is 0. The Bertz CT molecular complexity index is 499. The van der Waals surface area contributed by atoms with E-state index in [1.165, 1.54) is 0 Å². The molecule has 13 heavy (non-hydrogen) atoms. The van der Waals surface area contributed by atoms with E-state index in [4.69, 9.17) is 9.62 Å². The zero-order chi connectivity index (χ0) is 9.26. The van der Waals surface area contributed by atoms with Gasteiger partial charge in [-0.15, -0.1) is 0 Å². The van der Waals surface area contributed by atoms with Crippen molar-refractivity contribution in [3.63, 3.8) is 0 Å². The van der Waals surface area contributed by atoms with Gasteiger partial charge in [0.1, 0.15) is 16.7 Å². The third kappa shape index (κ3) is 1.28. The maximum Gasteiger partial charge on any atom is 0.136 e. The zero-order valence-corrected chi connectivity index (χ0v) is 7.19. The first-order valence-electron chi connectivity index (χ1n) is 3.99. The standard InChI is InChI=1S/C10H9NO2/c1-7-6-9(11-12)8-4-2-3-5-10(8)13-7/h2-6,12H,1H3/b11-9-. The van der Waals surface area contributed by atoms with Gasteiger partial charge in [-0.3, -0.25) is 0 Å². The third-order valence-corrected chi connectivity index (χ3v) is 1.88. The molecule has 0 saturated heterocycles. The summed E-state index contributed by atoms with van der Waals surface area (Å²) in [6.07, 6.45) is 0. The van der Waals surface area contributed by atoms with Crippen LogP contribution in [0.4, 0.5) is 0 Å². The molecule has 3 nitrogen and oxygen atoms in total. The fourth-order valence-electron chi connectivity index (χ4n) is 1.32. The second-order valence-electron chi connectivity index (χ2n) is 2.84. The lowest BCUT2D eigenvalue weighted by molar-refractivity contribution is 0.302. The Morgan fingerprint density at radius 2 is 2.08 bits per heavy atom. The summed E-state index contributed by atoms with van der Waals surface area (Å²) in [6.45, 7) is 1.82. The normalized spacial score (nSPS) is 12.2. The van der Waals surface area contributed by atoms with E-state index in [1.807, 2.05) is 31.2 Å². The van der Waals surface area contributed by atoms with Crippen molar-refractivity contribution in [3.05, 3.63) is 41.4 Å². The van der Waals surface area contributed by atoms with Crippen LogP contribution in [0.5, 0.6) is 0 Å². The molecular formula is C10H9NO2. The first-order chi connectivity index (χ1) is 6.31. The quantitative estimate of drug-likeness (QED) is 0.492. The third-order valence-electron chi connectivity index (χ3n) is 1.88. The molecule has 0 aliphatic heterocycles. The molecule has 0 aliphatic rings. The number of fused-ring (bicyclic) bond motifs is 1. The molecule has 0 bridgehead atoms. The van der Waals surface area contributed by atoms with Gasteiger partial charge in [-0.25, -0.2) is 0 Å². The minimum Gasteiger partial charge on any atom is -0.461 e. The largest absolute Gasteiger partial charge is 0.461 e. The smallest absolute Gasteiger partial charge is 0.136 e. The molecule has 3 heteroatoms. The summed E-state index contributed by atoms with van der Waals surface area (Å²) in [5.41, 5.74) is 0.732. The topological polar surface area (TPSA) is 45.7 Å². The van der Waals surface area contributed by atoms with Crippen LogP contribution >= 0.6 is 0 Å². The molecule has 0 spiro atoms. The fourth-order valence-corrected chi connectivity index (χ4v) is 1.32. The van der Waals surface area contributed by atoms with Gasteiger partial charge >= 0.3 is 0 Å². The predicted octanol–water partition coefficient (Wildman–Crippen LogP) is 2.03. The van der Waals surface area contributed by atoms with Crippen LogP contribution in [0.15, 0.2) is 39.9 Å². The van der Waals surface area contributed by atoms with Gasteiger partial charge in [0.15, 0.2) is 0 Å². The summed E-state index contributed by atoms with van der Waals surface area (Å²) in [5, 5.41) is 13.3. The lowest BCUT2D eigenvalue weighted by atomic mass is 10.2. The van der Waals surface area contributed by atoms with Crippen LogP contribution in [0.1, 0.15) is 5.76 Å². The highest BCUT2D eigenvalue weighted by Gasteiger charge is 1.98. The van der Waals surface area contributed by atoms with Crippen LogP contribution < -0.4 is 5.36 Å². The highest BCUT2D eigenvalue weighted by Crippen LogP contribution is 2.10. The van der Waals surface area contributed by atoms with E-state index in [-0.39, 0.29) is 0 Å². The zero-order valence-electron chi connectivity index (χ0n) is 7.19. The number of aryl methyl sites for hydroxylation is 1. The molecule has 0 atom stereocenters. The maximum absolute atomic E-state index is 8.74. The first-order valence-corrected chi connectivity index (χ1v) is 3.99.